The van der Waals surface area contributed by atoms with Crippen molar-refractivity contribution >= 4 is 0 Å². The Morgan fingerprint density at radius 2 is 1.87 bits per heavy atom. The third-order valence-corrected chi connectivity index (χ3v) is 4.18. The lowest BCUT2D eigenvalue weighted by atomic mass is 10.0. The molecule has 1 aliphatic carbocycles. The van der Waals surface area contributed by atoms with Gasteiger partial charge in [-0.15, -0.1) is 0 Å². The Bertz CT molecular complexity index is 197. The Morgan fingerprint density at radius 3 is 2.33 bits per heavy atom. The zero-order valence-corrected chi connectivity index (χ0v) is 10.2. The van der Waals surface area contributed by atoms with Crippen molar-refractivity contribution in [2.75, 3.05) is 26.2 Å². The molecular formula is C12H25N3. The lowest BCUT2D eigenvalue weighted by Crippen LogP contribution is -2.61. The van der Waals surface area contributed by atoms with Crippen LogP contribution in [0.4, 0.5) is 0 Å². The number of nitrogens with zero attached hydrogens (tertiary/aromatic N) is 2. The predicted molar refractivity (Wildman–Crippen MR) is 63.9 cm³/mol. The lowest BCUT2D eigenvalue weighted by Gasteiger charge is -2.48. The number of likely N-dealkylation sites (tertiary alicyclic amines) is 1. The summed E-state index contributed by atoms with van der Waals surface area (Å²) in [7, 11) is 0. The molecule has 1 aliphatic heterocycles. The van der Waals surface area contributed by atoms with Crippen LogP contribution in [0, 0.1) is 0 Å². The number of rotatable bonds is 4. The van der Waals surface area contributed by atoms with Crippen LogP contribution in [0.15, 0.2) is 0 Å². The average Bonchev–Trinajstić information content (AvgIpc) is 2.57. The molecule has 0 aromatic carbocycles. The summed E-state index contributed by atoms with van der Waals surface area (Å²) in [4.78, 5) is 5.21. The Balaban J connectivity index is 1.73. The van der Waals surface area contributed by atoms with E-state index in [0.29, 0.717) is 6.04 Å². The number of likely N-dealkylation sites (N-methyl/N-ethyl adjacent to an activating group) is 1. The first kappa shape index (κ1) is 11.4. The van der Waals surface area contributed by atoms with Crippen molar-refractivity contribution in [1.29, 1.82) is 0 Å². The van der Waals surface area contributed by atoms with Gasteiger partial charge in [0.2, 0.25) is 0 Å². The number of hydrogen-bond acceptors (Lipinski definition) is 3. The number of nitrogens with two attached hydrogens (primary N) is 1. The van der Waals surface area contributed by atoms with Crippen molar-refractivity contribution in [3.05, 3.63) is 0 Å². The van der Waals surface area contributed by atoms with Gasteiger partial charge >= 0.3 is 0 Å². The van der Waals surface area contributed by atoms with Crippen molar-refractivity contribution in [1.82, 2.24) is 9.80 Å². The highest BCUT2D eigenvalue weighted by molar-refractivity contribution is 4.95. The van der Waals surface area contributed by atoms with Crippen LogP contribution in [0.2, 0.25) is 0 Å². The summed E-state index contributed by atoms with van der Waals surface area (Å²) < 4.78 is 0. The Labute approximate surface area is 93.6 Å². The van der Waals surface area contributed by atoms with E-state index in [4.69, 9.17) is 5.73 Å². The van der Waals surface area contributed by atoms with Crippen LogP contribution in [-0.2, 0) is 0 Å². The molecule has 15 heavy (non-hydrogen) atoms. The van der Waals surface area contributed by atoms with E-state index >= 15 is 0 Å². The maximum absolute atomic E-state index is 5.95. The van der Waals surface area contributed by atoms with E-state index in [0.717, 1.165) is 12.1 Å². The normalized spacial score (nSPS) is 33.6. The molecule has 3 heteroatoms. The van der Waals surface area contributed by atoms with E-state index in [1.165, 1.54) is 45.4 Å². The van der Waals surface area contributed by atoms with Gasteiger partial charge in [0.1, 0.15) is 0 Å². The van der Waals surface area contributed by atoms with Gasteiger partial charge in [-0.1, -0.05) is 13.8 Å². The second-order valence-corrected chi connectivity index (χ2v) is 5.06. The molecule has 2 unspecified atom stereocenters. The van der Waals surface area contributed by atoms with Gasteiger partial charge in [-0.25, -0.2) is 0 Å². The maximum Gasteiger partial charge on any atom is 0.0350 e. The molecule has 0 amide bonds. The van der Waals surface area contributed by atoms with Crippen molar-refractivity contribution < 1.29 is 0 Å². The molecular weight excluding hydrogens is 186 g/mol. The van der Waals surface area contributed by atoms with Gasteiger partial charge in [0.25, 0.3) is 0 Å². The van der Waals surface area contributed by atoms with Crippen molar-refractivity contribution in [3.63, 3.8) is 0 Å². The zero-order chi connectivity index (χ0) is 10.8. The first-order valence-corrected chi connectivity index (χ1v) is 6.48. The summed E-state index contributed by atoms with van der Waals surface area (Å²) in [5.41, 5.74) is 5.95. The van der Waals surface area contributed by atoms with Crippen LogP contribution in [0.3, 0.4) is 0 Å². The second-order valence-electron chi connectivity index (χ2n) is 5.06. The summed E-state index contributed by atoms with van der Waals surface area (Å²) >= 11 is 0. The quantitative estimate of drug-likeness (QED) is 0.749. The molecule has 0 radical (unpaired) electrons. The second kappa shape index (κ2) is 4.81. The molecule has 0 aromatic rings. The van der Waals surface area contributed by atoms with E-state index in [1.54, 1.807) is 0 Å². The first-order valence-electron chi connectivity index (χ1n) is 6.48. The fraction of sp³-hybridized carbons (Fsp3) is 1.00. The van der Waals surface area contributed by atoms with Gasteiger partial charge in [-0.2, -0.15) is 0 Å². The van der Waals surface area contributed by atoms with Gasteiger partial charge in [0.15, 0.2) is 0 Å². The van der Waals surface area contributed by atoms with Crippen molar-refractivity contribution in [2.45, 2.75) is 51.2 Å². The molecule has 0 aromatic heterocycles. The molecule has 0 bridgehead atoms. The highest BCUT2D eigenvalue weighted by atomic mass is 15.3. The molecule has 0 spiro atoms. The van der Waals surface area contributed by atoms with Crippen LogP contribution < -0.4 is 5.73 Å². The third kappa shape index (κ3) is 2.35. The topological polar surface area (TPSA) is 32.5 Å². The van der Waals surface area contributed by atoms with Gasteiger partial charge in [-0.05, 0) is 32.4 Å². The van der Waals surface area contributed by atoms with E-state index in [1.807, 2.05) is 0 Å². The summed E-state index contributed by atoms with van der Waals surface area (Å²) in [6.45, 7) is 9.46. The molecule has 2 aliphatic rings. The van der Waals surface area contributed by atoms with E-state index in [-0.39, 0.29) is 0 Å². The molecule has 88 valence electrons. The van der Waals surface area contributed by atoms with Crippen molar-refractivity contribution in [3.8, 4) is 0 Å². The number of hydrogen-bond donors (Lipinski definition) is 1. The minimum absolute atomic E-state index is 0.475. The van der Waals surface area contributed by atoms with Crippen LogP contribution >= 0.6 is 0 Å². The summed E-state index contributed by atoms with van der Waals surface area (Å²) in [5.74, 6) is 0. The van der Waals surface area contributed by atoms with E-state index in [2.05, 4.69) is 23.6 Å². The van der Waals surface area contributed by atoms with Crippen LogP contribution in [0.1, 0.15) is 33.1 Å². The fourth-order valence-electron chi connectivity index (χ4n) is 3.08. The first-order chi connectivity index (χ1) is 7.24. The molecule has 2 rings (SSSR count). The van der Waals surface area contributed by atoms with Crippen LogP contribution in [0.25, 0.3) is 0 Å². The summed E-state index contributed by atoms with van der Waals surface area (Å²) in [6.07, 6.45) is 3.79. The van der Waals surface area contributed by atoms with Crippen LogP contribution in [0.5, 0.6) is 0 Å². The minimum atomic E-state index is 0.475. The summed E-state index contributed by atoms with van der Waals surface area (Å²) in [5, 5.41) is 0. The smallest absolute Gasteiger partial charge is 0.0350 e. The SMILES string of the molecule is CCN(CC)C1CN(C2CCC(N)C2)C1. The molecule has 2 N–H and O–H groups in total. The standard InChI is InChI=1S/C12H25N3/c1-3-14(4-2)12-8-15(9-12)11-6-5-10(13)7-11/h10-12H,3-9,13H2,1-2H3. The monoisotopic (exact) mass is 211 g/mol. The zero-order valence-electron chi connectivity index (χ0n) is 10.2. The van der Waals surface area contributed by atoms with Crippen molar-refractivity contribution in [2.24, 2.45) is 5.73 Å². The fourth-order valence-corrected chi connectivity index (χ4v) is 3.08. The third-order valence-electron chi connectivity index (χ3n) is 4.18. The van der Waals surface area contributed by atoms with Gasteiger partial charge in [0.05, 0.1) is 0 Å². The highest BCUT2D eigenvalue weighted by Crippen LogP contribution is 2.28. The van der Waals surface area contributed by atoms with Gasteiger partial charge in [-0.3, -0.25) is 9.80 Å². The highest BCUT2D eigenvalue weighted by Gasteiger charge is 2.37. The molecule has 1 saturated heterocycles. The molecule has 1 saturated carbocycles. The predicted octanol–water partition coefficient (Wildman–Crippen LogP) is 0.892. The molecule has 2 fully saturated rings. The van der Waals surface area contributed by atoms with Crippen LogP contribution in [-0.4, -0.2) is 54.1 Å². The molecule has 3 nitrogen and oxygen atoms in total. The lowest BCUT2D eigenvalue weighted by molar-refractivity contribution is 0.0106. The van der Waals surface area contributed by atoms with Gasteiger partial charge < -0.3 is 5.73 Å². The Morgan fingerprint density at radius 1 is 1.20 bits per heavy atom. The largest absolute Gasteiger partial charge is 0.328 e. The Hall–Kier alpha value is -0.120. The van der Waals surface area contributed by atoms with Gasteiger partial charge in [0, 0.05) is 31.2 Å². The average molecular weight is 211 g/mol. The minimum Gasteiger partial charge on any atom is -0.328 e. The van der Waals surface area contributed by atoms with E-state index < -0.39 is 0 Å². The summed E-state index contributed by atoms with van der Waals surface area (Å²) in [6, 6.07) is 2.09. The molecule has 1 heterocycles. The van der Waals surface area contributed by atoms with E-state index in [9.17, 15) is 0 Å². The maximum atomic E-state index is 5.95. The Kier molecular flexibility index (Phi) is 3.65. The molecule has 2 atom stereocenters.